The minimum atomic E-state index is -0.537. The zero-order valence-corrected chi connectivity index (χ0v) is 10.8. The zero-order valence-electron chi connectivity index (χ0n) is 10.8. The second-order valence-corrected chi connectivity index (χ2v) is 4.83. The summed E-state index contributed by atoms with van der Waals surface area (Å²) in [6.45, 7) is 1.85. The summed E-state index contributed by atoms with van der Waals surface area (Å²) in [6, 6.07) is 0.512. The first-order valence-electron chi connectivity index (χ1n) is 6.11. The van der Waals surface area contributed by atoms with Crippen LogP contribution in [0.3, 0.4) is 0 Å². The van der Waals surface area contributed by atoms with Crippen LogP contribution < -0.4 is 10.6 Å². The number of nitrogens with zero attached hydrogens (tertiary/aromatic N) is 4. The van der Waals surface area contributed by atoms with E-state index in [-0.39, 0.29) is 5.69 Å². The first-order chi connectivity index (χ1) is 8.58. The van der Waals surface area contributed by atoms with Crippen LogP contribution in [0, 0.1) is 0 Å². The Balaban J connectivity index is 2.15. The fourth-order valence-electron chi connectivity index (χ4n) is 2.21. The van der Waals surface area contributed by atoms with E-state index in [1.54, 1.807) is 6.20 Å². The van der Waals surface area contributed by atoms with Crippen LogP contribution >= 0.6 is 0 Å². The minimum Gasteiger partial charge on any atom is -0.364 e. The predicted molar refractivity (Wildman–Crippen MR) is 69.5 cm³/mol. The minimum absolute atomic E-state index is 0.222. The van der Waals surface area contributed by atoms with Gasteiger partial charge in [0.1, 0.15) is 11.5 Å². The summed E-state index contributed by atoms with van der Waals surface area (Å²) in [5, 5.41) is 0. The molecule has 1 aliphatic rings. The highest BCUT2D eigenvalue weighted by Gasteiger charge is 2.22. The molecular weight excluding hydrogens is 230 g/mol. The van der Waals surface area contributed by atoms with E-state index in [0.29, 0.717) is 6.04 Å². The van der Waals surface area contributed by atoms with Crippen molar-refractivity contribution in [1.82, 2.24) is 14.9 Å². The van der Waals surface area contributed by atoms with Crippen molar-refractivity contribution in [1.29, 1.82) is 0 Å². The van der Waals surface area contributed by atoms with Gasteiger partial charge in [-0.05, 0) is 26.9 Å². The number of aromatic nitrogens is 2. The predicted octanol–water partition coefficient (Wildman–Crippen LogP) is 0.106. The van der Waals surface area contributed by atoms with Crippen molar-refractivity contribution in [2.45, 2.75) is 18.9 Å². The Bertz CT molecular complexity index is 434. The van der Waals surface area contributed by atoms with Crippen LogP contribution in [0.4, 0.5) is 5.82 Å². The van der Waals surface area contributed by atoms with Crippen molar-refractivity contribution in [2.75, 3.05) is 32.1 Å². The van der Waals surface area contributed by atoms with E-state index in [2.05, 4.69) is 33.9 Å². The first kappa shape index (κ1) is 12.8. The average Bonchev–Trinajstić information content (AvgIpc) is 2.39. The highest BCUT2D eigenvalue weighted by molar-refractivity contribution is 5.90. The Morgan fingerprint density at radius 2 is 2.28 bits per heavy atom. The van der Waals surface area contributed by atoms with E-state index in [1.165, 1.54) is 12.6 Å². The molecule has 0 bridgehead atoms. The number of hydrogen-bond donors (Lipinski definition) is 1. The van der Waals surface area contributed by atoms with Crippen molar-refractivity contribution in [3.8, 4) is 0 Å². The molecule has 0 radical (unpaired) electrons. The zero-order chi connectivity index (χ0) is 13.1. The molecular formula is C12H19N5O. The molecule has 6 heteroatoms. The standard InChI is InChI=1S/C12H19N5O/c1-16(2)9-4-3-5-17(8-9)11-7-14-6-10(15-11)12(13)18/h6-7,9H,3-5,8H2,1-2H3,(H2,13,18). The maximum absolute atomic E-state index is 11.1. The molecule has 6 nitrogen and oxygen atoms in total. The SMILES string of the molecule is CN(C)C1CCCN(c2cncc(C(N)=O)n2)C1. The maximum Gasteiger partial charge on any atom is 0.268 e. The molecule has 1 aliphatic heterocycles. The van der Waals surface area contributed by atoms with E-state index in [1.807, 2.05) is 0 Å². The lowest BCUT2D eigenvalue weighted by Gasteiger charge is -2.36. The summed E-state index contributed by atoms with van der Waals surface area (Å²) < 4.78 is 0. The van der Waals surface area contributed by atoms with Gasteiger partial charge in [0.05, 0.1) is 12.4 Å². The number of hydrogen-bond acceptors (Lipinski definition) is 5. The molecule has 1 aromatic heterocycles. The van der Waals surface area contributed by atoms with E-state index in [0.717, 1.165) is 25.3 Å². The van der Waals surface area contributed by atoms with Gasteiger partial charge in [-0.3, -0.25) is 9.78 Å². The molecule has 0 spiro atoms. The number of piperidine rings is 1. The number of carbonyl (C=O) groups excluding carboxylic acids is 1. The van der Waals surface area contributed by atoms with Gasteiger partial charge in [-0.25, -0.2) is 4.98 Å². The van der Waals surface area contributed by atoms with Crippen LogP contribution in [0.5, 0.6) is 0 Å². The molecule has 1 atom stereocenters. The largest absolute Gasteiger partial charge is 0.364 e. The van der Waals surface area contributed by atoms with Crippen molar-refractivity contribution < 1.29 is 4.79 Å². The number of nitrogens with two attached hydrogens (primary N) is 1. The lowest BCUT2D eigenvalue weighted by atomic mass is 10.1. The van der Waals surface area contributed by atoms with Crippen molar-refractivity contribution in [3.63, 3.8) is 0 Å². The summed E-state index contributed by atoms with van der Waals surface area (Å²) >= 11 is 0. The summed E-state index contributed by atoms with van der Waals surface area (Å²) in [5.41, 5.74) is 5.44. The van der Waals surface area contributed by atoms with Gasteiger partial charge in [-0.1, -0.05) is 0 Å². The van der Waals surface area contributed by atoms with Crippen LogP contribution in [-0.2, 0) is 0 Å². The molecule has 1 aromatic rings. The Morgan fingerprint density at radius 1 is 1.50 bits per heavy atom. The summed E-state index contributed by atoms with van der Waals surface area (Å²) in [4.78, 5) is 23.8. The molecule has 0 saturated carbocycles. The average molecular weight is 249 g/mol. The number of carbonyl (C=O) groups is 1. The molecule has 18 heavy (non-hydrogen) atoms. The van der Waals surface area contributed by atoms with E-state index in [9.17, 15) is 4.79 Å². The van der Waals surface area contributed by atoms with Gasteiger partial charge in [-0.2, -0.15) is 0 Å². The second-order valence-electron chi connectivity index (χ2n) is 4.83. The highest BCUT2D eigenvalue weighted by Crippen LogP contribution is 2.19. The van der Waals surface area contributed by atoms with Crippen LogP contribution in [-0.4, -0.2) is 54.0 Å². The molecule has 2 rings (SSSR count). The van der Waals surface area contributed by atoms with Crippen LogP contribution in [0.1, 0.15) is 23.3 Å². The summed E-state index contributed by atoms with van der Waals surface area (Å²) in [5.74, 6) is 0.198. The lowest BCUT2D eigenvalue weighted by molar-refractivity contribution is 0.0995. The van der Waals surface area contributed by atoms with Crippen molar-refractivity contribution >= 4 is 11.7 Å². The second kappa shape index (κ2) is 5.30. The summed E-state index contributed by atoms with van der Waals surface area (Å²) in [6.07, 6.45) is 5.39. The lowest BCUT2D eigenvalue weighted by Crippen LogP contribution is -2.45. The molecule has 2 heterocycles. The number of primary amides is 1. The third-order valence-corrected chi connectivity index (χ3v) is 3.33. The molecule has 1 fully saturated rings. The highest BCUT2D eigenvalue weighted by atomic mass is 16.1. The quantitative estimate of drug-likeness (QED) is 0.822. The van der Waals surface area contributed by atoms with Crippen LogP contribution in [0.25, 0.3) is 0 Å². The van der Waals surface area contributed by atoms with Gasteiger partial charge in [0.2, 0.25) is 0 Å². The van der Waals surface area contributed by atoms with E-state index in [4.69, 9.17) is 5.73 Å². The van der Waals surface area contributed by atoms with Gasteiger partial charge < -0.3 is 15.5 Å². The molecule has 0 aliphatic carbocycles. The topological polar surface area (TPSA) is 75.3 Å². The third kappa shape index (κ3) is 2.76. The van der Waals surface area contributed by atoms with Crippen LogP contribution in [0.2, 0.25) is 0 Å². The van der Waals surface area contributed by atoms with Crippen LogP contribution in [0.15, 0.2) is 12.4 Å². The van der Waals surface area contributed by atoms with Crippen molar-refractivity contribution in [2.24, 2.45) is 5.73 Å². The molecule has 2 N–H and O–H groups in total. The van der Waals surface area contributed by atoms with Gasteiger partial charge in [-0.15, -0.1) is 0 Å². The normalized spacial score (nSPS) is 20.2. The Morgan fingerprint density at radius 3 is 2.94 bits per heavy atom. The third-order valence-electron chi connectivity index (χ3n) is 3.33. The van der Waals surface area contributed by atoms with Gasteiger partial charge in [0, 0.05) is 19.1 Å². The van der Waals surface area contributed by atoms with E-state index >= 15 is 0 Å². The first-order valence-corrected chi connectivity index (χ1v) is 6.11. The number of anilines is 1. The molecule has 1 unspecified atom stereocenters. The summed E-state index contributed by atoms with van der Waals surface area (Å²) in [7, 11) is 4.17. The van der Waals surface area contributed by atoms with Gasteiger partial charge >= 0.3 is 0 Å². The van der Waals surface area contributed by atoms with Gasteiger partial charge in [0.25, 0.3) is 5.91 Å². The molecule has 1 saturated heterocycles. The Kier molecular flexibility index (Phi) is 3.76. The van der Waals surface area contributed by atoms with E-state index < -0.39 is 5.91 Å². The number of rotatable bonds is 3. The fourth-order valence-corrected chi connectivity index (χ4v) is 2.21. The van der Waals surface area contributed by atoms with Crippen molar-refractivity contribution in [3.05, 3.63) is 18.1 Å². The number of likely N-dealkylation sites (N-methyl/N-ethyl adjacent to an activating group) is 1. The Labute approximate surface area is 107 Å². The maximum atomic E-state index is 11.1. The number of amides is 1. The van der Waals surface area contributed by atoms with Gasteiger partial charge in [0.15, 0.2) is 0 Å². The molecule has 0 aromatic carbocycles. The molecule has 1 amide bonds. The fraction of sp³-hybridized carbons (Fsp3) is 0.583. The Hall–Kier alpha value is -1.69. The molecule has 98 valence electrons. The monoisotopic (exact) mass is 249 g/mol. The smallest absolute Gasteiger partial charge is 0.268 e.